The van der Waals surface area contributed by atoms with E-state index in [1.54, 1.807) is 0 Å². The fourth-order valence-corrected chi connectivity index (χ4v) is 4.82. The van der Waals surface area contributed by atoms with Crippen LogP contribution in [0.1, 0.15) is 36.8 Å². The number of alkyl halides is 6. The number of rotatable bonds is 6. The third-order valence-corrected chi connectivity index (χ3v) is 6.98. The van der Waals surface area contributed by atoms with E-state index in [-0.39, 0.29) is 12.1 Å². The first-order chi connectivity index (χ1) is 17.0. The summed E-state index contributed by atoms with van der Waals surface area (Å²) in [4.78, 5) is 18.6. The molecule has 0 spiro atoms. The van der Waals surface area contributed by atoms with Crippen LogP contribution in [0.5, 0.6) is 0 Å². The van der Waals surface area contributed by atoms with Gasteiger partial charge >= 0.3 is 18.4 Å². The molecule has 198 valence electrons. The van der Waals surface area contributed by atoms with Crippen LogP contribution in [0.4, 0.5) is 36.8 Å². The quantitative estimate of drug-likeness (QED) is 0.500. The fourth-order valence-electron chi connectivity index (χ4n) is 4.82. The van der Waals surface area contributed by atoms with Crippen LogP contribution in [0.25, 0.3) is 0 Å². The molecule has 0 aromatic heterocycles. The number of anilines is 1. The summed E-state index contributed by atoms with van der Waals surface area (Å²) in [5, 5.41) is 2.20. The Bertz CT molecular complexity index is 957. The highest BCUT2D eigenvalue weighted by molar-refractivity contribution is 5.90. The first-order valence-electron chi connectivity index (χ1n) is 12.2. The molecule has 1 aromatic rings. The summed E-state index contributed by atoms with van der Waals surface area (Å²) >= 11 is 0. The summed E-state index contributed by atoms with van der Waals surface area (Å²) in [6.07, 6.45) is 1.10. The molecule has 3 aliphatic rings. The Balaban J connectivity index is 1.22. The lowest BCUT2D eigenvalue weighted by Gasteiger charge is -2.48. The van der Waals surface area contributed by atoms with Gasteiger partial charge in [0.1, 0.15) is 0 Å². The molecule has 2 amide bonds. The Morgan fingerprint density at radius 1 is 0.944 bits per heavy atom. The van der Waals surface area contributed by atoms with Gasteiger partial charge in [0, 0.05) is 51.0 Å². The van der Waals surface area contributed by atoms with Gasteiger partial charge in [-0.05, 0) is 50.4 Å². The number of nitrogens with zero attached hydrogens (tertiary/aromatic N) is 3. The van der Waals surface area contributed by atoms with Crippen molar-refractivity contribution in [1.29, 1.82) is 0 Å². The maximum absolute atomic E-state index is 13.0. The van der Waals surface area contributed by atoms with E-state index in [2.05, 4.69) is 33.3 Å². The molecular formula is C25H30F6N4O. The van der Waals surface area contributed by atoms with Crippen molar-refractivity contribution in [2.75, 3.05) is 51.1 Å². The zero-order valence-corrected chi connectivity index (χ0v) is 19.8. The highest BCUT2D eigenvalue weighted by Gasteiger charge is 2.39. The topological polar surface area (TPSA) is 38.8 Å². The summed E-state index contributed by atoms with van der Waals surface area (Å²) < 4.78 is 78.3. The van der Waals surface area contributed by atoms with Crippen molar-refractivity contribution in [3.8, 4) is 0 Å². The maximum atomic E-state index is 13.0. The van der Waals surface area contributed by atoms with Crippen LogP contribution in [0.15, 0.2) is 42.0 Å². The van der Waals surface area contributed by atoms with Gasteiger partial charge in [0.15, 0.2) is 0 Å². The number of hydrogen-bond donors (Lipinski definition) is 1. The van der Waals surface area contributed by atoms with Crippen LogP contribution in [-0.2, 0) is 12.4 Å². The summed E-state index contributed by atoms with van der Waals surface area (Å²) in [7, 11) is 0. The van der Waals surface area contributed by atoms with Crippen LogP contribution in [0.2, 0.25) is 0 Å². The normalized spacial score (nSPS) is 20.3. The van der Waals surface area contributed by atoms with E-state index in [4.69, 9.17) is 0 Å². The first kappa shape index (κ1) is 26.5. The van der Waals surface area contributed by atoms with E-state index < -0.39 is 35.2 Å². The number of hydrogen-bond acceptors (Lipinski definition) is 3. The standard InChI is InChI=1S/C25H30F6N4O/c26-24(27,28)19-13-20(25(29,30)31)15-21(14-19)32-23(36)35-16-22(17-35)34-11-9-33(10-12-34)8-4-7-18-5-2-1-3-6-18/h1-2,5,13-15,22H,3-4,6-12,16-17H2,(H,32,36). The van der Waals surface area contributed by atoms with Crippen LogP contribution in [0.3, 0.4) is 0 Å². The molecule has 1 N–H and O–H groups in total. The van der Waals surface area contributed by atoms with E-state index >= 15 is 0 Å². The number of carbonyl (C=O) groups is 1. The van der Waals surface area contributed by atoms with Crippen molar-refractivity contribution >= 4 is 11.7 Å². The Kier molecular flexibility index (Phi) is 7.99. The van der Waals surface area contributed by atoms with Crippen molar-refractivity contribution < 1.29 is 31.1 Å². The van der Waals surface area contributed by atoms with E-state index in [9.17, 15) is 31.1 Å². The van der Waals surface area contributed by atoms with Gasteiger partial charge in [-0.25, -0.2) is 4.79 Å². The number of piperazine rings is 1. The molecule has 4 rings (SSSR count). The molecule has 11 heteroatoms. The Labute approximate surface area is 206 Å². The highest BCUT2D eigenvalue weighted by Crippen LogP contribution is 2.37. The SMILES string of the molecule is O=C(Nc1cc(C(F)(F)F)cc(C(F)(F)F)c1)N1CC(N2CCN(CCCC3=CC=CCC3)CC2)C1. The monoisotopic (exact) mass is 516 g/mol. The third kappa shape index (κ3) is 6.82. The molecular weight excluding hydrogens is 486 g/mol. The number of nitrogens with one attached hydrogen (secondary N) is 1. The van der Waals surface area contributed by atoms with Crippen molar-refractivity contribution in [3.63, 3.8) is 0 Å². The molecule has 2 heterocycles. The summed E-state index contributed by atoms with van der Waals surface area (Å²) in [6, 6.07) is 0.518. The van der Waals surface area contributed by atoms with Gasteiger partial charge in [-0.2, -0.15) is 26.3 Å². The number of allylic oxidation sites excluding steroid dienone is 4. The molecule has 2 aliphatic heterocycles. The lowest BCUT2D eigenvalue weighted by Crippen LogP contribution is -2.64. The summed E-state index contributed by atoms with van der Waals surface area (Å²) in [5.74, 6) is 0. The van der Waals surface area contributed by atoms with E-state index in [0.29, 0.717) is 25.2 Å². The number of carbonyl (C=O) groups excluding carboxylic acids is 1. The van der Waals surface area contributed by atoms with Crippen molar-refractivity contribution in [2.24, 2.45) is 0 Å². The lowest BCUT2D eigenvalue weighted by molar-refractivity contribution is -0.143. The van der Waals surface area contributed by atoms with Gasteiger partial charge in [-0.1, -0.05) is 23.8 Å². The van der Waals surface area contributed by atoms with Gasteiger partial charge in [0.2, 0.25) is 0 Å². The molecule has 0 unspecified atom stereocenters. The van der Waals surface area contributed by atoms with Crippen LogP contribution in [0, 0.1) is 0 Å². The molecule has 2 fully saturated rings. The van der Waals surface area contributed by atoms with Gasteiger partial charge < -0.3 is 15.1 Å². The van der Waals surface area contributed by atoms with Crippen LogP contribution < -0.4 is 5.32 Å². The number of benzene rings is 1. The van der Waals surface area contributed by atoms with Crippen molar-refractivity contribution in [3.05, 3.63) is 53.1 Å². The maximum Gasteiger partial charge on any atom is 0.416 e. The molecule has 1 aliphatic carbocycles. The predicted molar refractivity (Wildman–Crippen MR) is 125 cm³/mol. The molecule has 0 radical (unpaired) electrons. The summed E-state index contributed by atoms with van der Waals surface area (Å²) in [5.41, 5.74) is -1.94. The number of likely N-dealkylation sites (tertiary alicyclic amines) is 1. The molecule has 5 nitrogen and oxygen atoms in total. The fraction of sp³-hybridized carbons (Fsp3) is 0.560. The Hall–Kier alpha value is -2.53. The molecule has 1 aromatic carbocycles. The minimum Gasteiger partial charge on any atom is -0.321 e. The Morgan fingerprint density at radius 2 is 1.58 bits per heavy atom. The van der Waals surface area contributed by atoms with E-state index in [1.807, 2.05) is 0 Å². The molecule has 2 saturated heterocycles. The van der Waals surface area contributed by atoms with Crippen molar-refractivity contribution in [1.82, 2.24) is 14.7 Å². The van der Waals surface area contributed by atoms with E-state index in [1.165, 1.54) is 10.5 Å². The predicted octanol–water partition coefficient (Wildman–Crippen LogP) is 5.61. The van der Waals surface area contributed by atoms with Crippen molar-refractivity contribution in [2.45, 2.75) is 44.1 Å². The number of amides is 2. The first-order valence-corrected chi connectivity index (χ1v) is 12.2. The van der Waals surface area contributed by atoms with Gasteiger partial charge in [-0.15, -0.1) is 0 Å². The minimum atomic E-state index is -4.96. The van der Waals surface area contributed by atoms with Gasteiger partial charge in [0.05, 0.1) is 11.1 Å². The average molecular weight is 517 g/mol. The van der Waals surface area contributed by atoms with E-state index in [0.717, 1.165) is 58.4 Å². The molecule has 36 heavy (non-hydrogen) atoms. The summed E-state index contributed by atoms with van der Waals surface area (Å²) in [6.45, 7) is 5.43. The molecule has 0 bridgehead atoms. The average Bonchev–Trinajstić information content (AvgIpc) is 2.78. The largest absolute Gasteiger partial charge is 0.416 e. The molecule has 0 saturated carbocycles. The number of halogens is 6. The lowest BCUT2D eigenvalue weighted by atomic mass is 10.0. The van der Waals surface area contributed by atoms with Gasteiger partial charge in [0.25, 0.3) is 0 Å². The zero-order valence-electron chi connectivity index (χ0n) is 19.8. The Morgan fingerprint density at radius 3 is 2.14 bits per heavy atom. The highest BCUT2D eigenvalue weighted by atomic mass is 19.4. The second-order valence-electron chi connectivity index (χ2n) is 9.56. The van der Waals surface area contributed by atoms with Gasteiger partial charge in [-0.3, -0.25) is 4.90 Å². The van der Waals surface area contributed by atoms with Crippen LogP contribution in [-0.4, -0.2) is 72.6 Å². The number of urea groups is 1. The second kappa shape index (κ2) is 10.8. The smallest absolute Gasteiger partial charge is 0.321 e. The second-order valence-corrected chi connectivity index (χ2v) is 9.56. The third-order valence-electron chi connectivity index (χ3n) is 6.98. The van der Waals surface area contributed by atoms with Crippen LogP contribution >= 0.6 is 0 Å². The molecule has 0 atom stereocenters. The zero-order chi connectivity index (χ0) is 25.9. The minimum absolute atomic E-state index is 0.0413.